The Balaban J connectivity index is 2.74. The fraction of sp³-hybridized carbons (Fsp3) is 0.333. The maximum Gasteiger partial charge on any atom is 0.0659 e. The summed E-state index contributed by atoms with van der Waals surface area (Å²) in [5.41, 5.74) is 4.44. The molecule has 1 rings (SSSR count). The van der Waals surface area contributed by atoms with Crippen LogP contribution in [0.1, 0.15) is 33.6 Å². The largest absolute Gasteiger partial charge is 0.260 e. The molecule has 0 N–H and O–H groups in total. The molecule has 0 aromatic rings. The first-order valence-electron chi connectivity index (χ1n) is 5.97. The molecule has 0 atom stereocenters. The molecule has 0 aliphatic carbocycles. The van der Waals surface area contributed by atoms with Crippen molar-refractivity contribution in [3.63, 3.8) is 0 Å². The number of nitrogens with zero attached hydrogens (tertiary/aromatic N) is 2. The van der Waals surface area contributed by atoms with E-state index >= 15 is 0 Å². The first-order valence-corrected chi connectivity index (χ1v) is 5.97. The second-order valence-electron chi connectivity index (χ2n) is 3.88. The lowest BCUT2D eigenvalue weighted by Gasteiger charge is -2.03. The Labute approximate surface area is 104 Å². The van der Waals surface area contributed by atoms with E-state index in [2.05, 4.69) is 29.6 Å². The normalized spacial score (nSPS) is 17.4. The first-order chi connectivity index (χ1) is 8.22. The molecule has 0 bridgehead atoms. The van der Waals surface area contributed by atoms with Crippen molar-refractivity contribution in [2.45, 2.75) is 33.6 Å². The van der Waals surface area contributed by atoms with Gasteiger partial charge in [-0.25, -0.2) is 0 Å². The van der Waals surface area contributed by atoms with E-state index in [0.717, 1.165) is 24.3 Å². The summed E-state index contributed by atoms with van der Waals surface area (Å²) < 4.78 is 0. The van der Waals surface area contributed by atoms with E-state index in [-0.39, 0.29) is 0 Å². The second-order valence-corrected chi connectivity index (χ2v) is 3.88. The van der Waals surface area contributed by atoms with Gasteiger partial charge in [-0.1, -0.05) is 31.7 Å². The Bertz CT molecular complexity index is 432. The van der Waals surface area contributed by atoms with Crippen molar-refractivity contribution in [3.05, 3.63) is 48.4 Å². The van der Waals surface area contributed by atoms with Crippen LogP contribution in [-0.4, -0.2) is 11.4 Å². The fourth-order valence-corrected chi connectivity index (χ4v) is 1.65. The molecule has 1 heterocycles. The van der Waals surface area contributed by atoms with Crippen LogP contribution in [0.25, 0.3) is 0 Å². The number of allylic oxidation sites excluding steroid dienone is 5. The van der Waals surface area contributed by atoms with Crippen LogP contribution in [-0.2, 0) is 0 Å². The summed E-state index contributed by atoms with van der Waals surface area (Å²) in [6.07, 6.45) is 11.6. The van der Waals surface area contributed by atoms with Gasteiger partial charge in [-0.15, -0.1) is 0 Å². The second kappa shape index (κ2) is 6.79. The van der Waals surface area contributed by atoms with Gasteiger partial charge in [0.2, 0.25) is 0 Å². The molecule has 1 aliphatic heterocycles. The first kappa shape index (κ1) is 13.4. The van der Waals surface area contributed by atoms with Gasteiger partial charge in [-0.3, -0.25) is 9.98 Å². The molecule has 2 nitrogen and oxygen atoms in total. The topological polar surface area (TPSA) is 24.7 Å². The number of hydrogen-bond acceptors (Lipinski definition) is 2. The predicted octanol–water partition coefficient (Wildman–Crippen LogP) is 4.23. The van der Waals surface area contributed by atoms with E-state index in [1.54, 1.807) is 6.20 Å². The van der Waals surface area contributed by atoms with E-state index in [0.29, 0.717) is 0 Å². The minimum atomic E-state index is 0.852. The smallest absolute Gasteiger partial charge is 0.0659 e. The van der Waals surface area contributed by atoms with Crippen LogP contribution in [0.3, 0.4) is 0 Å². The molecule has 0 spiro atoms. The molecule has 0 saturated carbocycles. The van der Waals surface area contributed by atoms with Gasteiger partial charge in [0.1, 0.15) is 0 Å². The predicted molar refractivity (Wildman–Crippen MR) is 76.6 cm³/mol. The number of hydrogen-bond donors (Lipinski definition) is 0. The average molecular weight is 228 g/mol. The van der Waals surface area contributed by atoms with Gasteiger partial charge in [0, 0.05) is 18.8 Å². The molecule has 0 aromatic carbocycles. The molecule has 17 heavy (non-hydrogen) atoms. The molecule has 0 saturated heterocycles. The summed E-state index contributed by atoms with van der Waals surface area (Å²) in [6.45, 7) is 9.91. The molecule has 90 valence electrons. The summed E-state index contributed by atoms with van der Waals surface area (Å²) in [6, 6.07) is 0. The SMILES string of the molecule is C=C/C(=C\CC)C1=CN=C(C(C)=N/C=C\C)C1. The van der Waals surface area contributed by atoms with Crippen molar-refractivity contribution in [2.75, 3.05) is 0 Å². The van der Waals surface area contributed by atoms with Gasteiger partial charge in [0.05, 0.1) is 11.4 Å². The number of rotatable bonds is 5. The molecule has 0 radical (unpaired) electrons. The Hall–Kier alpha value is -1.70. The molecule has 0 fully saturated rings. The maximum absolute atomic E-state index is 4.42. The van der Waals surface area contributed by atoms with E-state index in [1.807, 2.05) is 32.2 Å². The van der Waals surface area contributed by atoms with Crippen molar-refractivity contribution in [2.24, 2.45) is 9.98 Å². The summed E-state index contributed by atoms with van der Waals surface area (Å²) in [5, 5.41) is 0. The van der Waals surface area contributed by atoms with Crippen LogP contribution >= 0.6 is 0 Å². The summed E-state index contributed by atoms with van der Waals surface area (Å²) >= 11 is 0. The van der Waals surface area contributed by atoms with E-state index in [9.17, 15) is 0 Å². The fourth-order valence-electron chi connectivity index (χ4n) is 1.65. The number of aliphatic imine (C=N–C) groups is 2. The lowest BCUT2D eigenvalue weighted by Crippen LogP contribution is -2.08. The third kappa shape index (κ3) is 3.66. The Kier molecular flexibility index (Phi) is 5.34. The molecule has 0 aromatic heterocycles. The van der Waals surface area contributed by atoms with Gasteiger partial charge >= 0.3 is 0 Å². The highest BCUT2D eigenvalue weighted by atomic mass is 14.8. The molecule has 2 heteroatoms. The minimum absolute atomic E-state index is 0.852. The summed E-state index contributed by atoms with van der Waals surface area (Å²) in [7, 11) is 0. The Morgan fingerprint density at radius 1 is 1.59 bits per heavy atom. The van der Waals surface area contributed by atoms with Crippen molar-refractivity contribution in [1.82, 2.24) is 0 Å². The average Bonchev–Trinajstić information content (AvgIpc) is 2.82. The van der Waals surface area contributed by atoms with Crippen molar-refractivity contribution in [3.8, 4) is 0 Å². The molecular formula is C15H20N2. The third-order valence-electron chi connectivity index (χ3n) is 2.58. The zero-order valence-electron chi connectivity index (χ0n) is 10.9. The van der Waals surface area contributed by atoms with Crippen LogP contribution < -0.4 is 0 Å². The van der Waals surface area contributed by atoms with E-state index in [1.165, 1.54) is 11.1 Å². The zero-order chi connectivity index (χ0) is 12.7. The van der Waals surface area contributed by atoms with Crippen LogP contribution in [0.2, 0.25) is 0 Å². The van der Waals surface area contributed by atoms with Crippen molar-refractivity contribution in [1.29, 1.82) is 0 Å². The van der Waals surface area contributed by atoms with Gasteiger partial charge in [-0.05, 0) is 31.4 Å². The van der Waals surface area contributed by atoms with Gasteiger partial charge < -0.3 is 0 Å². The Morgan fingerprint density at radius 3 is 2.94 bits per heavy atom. The highest BCUT2D eigenvalue weighted by Gasteiger charge is 2.14. The highest BCUT2D eigenvalue weighted by Crippen LogP contribution is 2.22. The van der Waals surface area contributed by atoms with Crippen LogP contribution in [0.5, 0.6) is 0 Å². The standard InChI is InChI=1S/C15H20N2/c1-5-8-13(7-3)14-10-15(17-11-14)12(4)16-9-6-2/h6-9,11H,3,5,10H2,1-2,4H3/b9-6-,13-8+,16-12?. The summed E-state index contributed by atoms with van der Waals surface area (Å²) in [5.74, 6) is 0. The Morgan fingerprint density at radius 2 is 2.35 bits per heavy atom. The monoisotopic (exact) mass is 228 g/mol. The van der Waals surface area contributed by atoms with Gasteiger partial charge in [-0.2, -0.15) is 0 Å². The third-order valence-corrected chi connectivity index (χ3v) is 2.58. The molecule has 1 aliphatic rings. The molecule has 0 unspecified atom stereocenters. The van der Waals surface area contributed by atoms with E-state index < -0.39 is 0 Å². The lowest BCUT2D eigenvalue weighted by atomic mass is 10.0. The van der Waals surface area contributed by atoms with Crippen LogP contribution in [0.15, 0.2) is 58.3 Å². The minimum Gasteiger partial charge on any atom is -0.260 e. The van der Waals surface area contributed by atoms with Gasteiger partial charge in [0.15, 0.2) is 0 Å². The van der Waals surface area contributed by atoms with Crippen LogP contribution in [0.4, 0.5) is 0 Å². The van der Waals surface area contributed by atoms with Crippen LogP contribution in [0, 0.1) is 0 Å². The maximum atomic E-state index is 4.42. The van der Waals surface area contributed by atoms with Gasteiger partial charge in [0.25, 0.3) is 0 Å². The lowest BCUT2D eigenvalue weighted by molar-refractivity contribution is 1.19. The highest BCUT2D eigenvalue weighted by molar-refractivity contribution is 6.42. The quantitative estimate of drug-likeness (QED) is 0.497. The van der Waals surface area contributed by atoms with Crippen molar-refractivity contribution >= 4 is 11.4 Å². The van der Waals surface area contributed by atoms with E-state index in [4.69, 9.17) is 0 Å². The van der Waals surface area contributed by atoms with Crippen molar-refractivity contribution < 1.29 is 0 Å². The molecular weight excluding hydrogens is 208 g/mol. The summed E-state index contributed by atoms with van der Waals surface area (Å²) in [4.78, 5) is 8.74. The zero-order valence-corrected chi connectivity index (χ0v) is 10.9. The molecule has 0 amide bonds.